The molecule has 0 aliphatic rings. The Bertz CT molecular complexity index is 658. The molecule has 2 rings (SSSR count). The molecule has 2 aromatic carbocycles. The first kappa shape index (κ1) is 14.7. The average Bonchev–Trinajstić information content (AvgIpc) is 2.43. The van der Waals surface area contributed by atoms with E-state index in [2.05, 4.69) is 5.32 Å². The Morgan fingerprint density at radius 2 is 1.67 bits per heavy atom. The Morgan fingerprint density at radius 1 is 1.10 bits per heavy atom. The number of anilines is 1. The third-order valence-electron chi connectivity index (χ3n) is 3.26. The van der Waals surface area contributed by atoms with Crippen molar-refractivity contribution in [3.63, 3.8) is 0 Å². The summed E-state index contributed by atoms with van der Waals surface area (Å²) in [6.07, 6.45) is 0.186. The van der Waals surface area contributed by atoms with Crippen LogP contribution in [0.1, 0.15) is 16.7 Å². The van der Waals surface area contributed by atoms with Gasteiger partial charge in [0.1, 0.15) is 0 Å². The second-order valence-corrected chi connectivity index (χ2v) is 4.92. The van der Waals surface area contributed by atoms with E-state index in [0.29, 0.717) is 0 Å². The lowest BCUT2D eigenvalue weighted by Crippen LogP contribution is -2.16. The van der Waals surface area contributed by atoms with Crippen LogP contribution in [0.15, 0.2) is 42.5 Å². The van der Waals surface area contributed by atoms with Gasteiger partial charge in [-0.1, -0.05) is 30.3 Å². The van der Waals surface area contributed by atoms with Gasteiger partial charge in [0.25, 0.3) is 5.69 Å². The van der Waals surface area contributed by atoms with E-state index in [9.17, 15) is 14.9 Å². The van der Waals surface area contributed by atoms with Crippen LogP contribution in [-0.2, 0) is 11.2 Å². The van der Waals surface area contributed by atoms with E-state index in [1.165, 1.54) is 12.1 Å². The number of nitro benzene ring substituents is 1. The van der Waals surface area contributed by atoms with Crippen molar-refractivity contribution in [2.75, 3.05) is 5.32 Å². The highest BCUT2D eigenvalue weighted by Crippen LogP contribution is 2.20. The molecule has 2 aromatic rings. The smallest absolute Gasteiger partial charge is 0.269 e. The highest BCUT2D eigenvalue weighted by molar-refractivity contribution is 5.93. The molecule has 21 heavy (non-hydrogen) atoms. The summed E-state index contributed by atoms with van der Waals surface area (Å²) < 4.78 is 0. The van der Waals surface area contributed by atoms with E-state index in [1.807, 2.05) is 32.0 Å². The van der Waals surface area contributed by atoms with Crippen molar-refractivity contribution in [3.05, 3.63) is 69.3 Å². The number of amides is 1. The number of para-hydroxylation sites is 1. The predicted octanol–water partition coefficient (Wildman–Crippen LogP) is 3.39. The van der Waals surface area contributed by atoms with E-state index in [4.69, 9.17) is 0 Å². The third-order valence-corrected chi connectivity index (χ3v) is 3.26. The van der Waals surface area contributed by atoms with E-state index < -0.39 is 4.92 Å². The van der Waals surface area contributed by atoms with Gasteiger partial charge in [0.2, 0.25) is 5.91 Å². The predicted molar refractivity (Wildman–Crippen MR) is 81.3 cm³/mol. The minimum atomic E-state index is -0.458. The molecule has 0 heterocycles. The largest absolute Gasteiger partial charge is 0.325 e. The molecule has 0 spiro atoms. The monoisotopic (exact) mass is 284 g/mol. The molecule has 1 amide bonds. The lowest BCUT2D eigenvalue weighted by molar-refractivity contribution is -0.384. The van der Waals surface area contributed by atoms with Crippen molar-refractivity contribution in [1.82, 2.24) is 0 Å². The van der Waals surface area contributed by atoms with Crippen molar-refractivity contribution in [2.45, 2.75) is 20.3 Å². The van der Waals surface area contributed by atoms with Gasteiger partial charge in [-0.15, -0.1) is 0 Å². The van der Waals surface area contributed by atoms with Crippen molar-refractivity contribution in [3.8, 4) is 0 Å². The number of carbonyl (C=O) groups is 1. The fourth-order valence-corrected chi connectivity index (χ4v) is 2.12. The first-order chi connectivity index (χ1) is 9.97. The number of carbonyl (C=O) groups excluding carboxylic acids is 1. The molecule has 1 N–H and O–H groups in total. The maximum Gasteiger partial charge on any atom is 0.269 e. The maximum atomic E-state index is 12.1. The summed E-state index contributed by atoms with van der Waals surface area (Å²) in [6.45, 7) is 3.88. The first-order valence-corrected chi connectivity index (χ1v) is 6.57. The molecule has 5 nitrogen and oxygen atoms in total. The summed E-state index contributed by atoms with van der Waals surface area (Å²) in [6, 6.07) is 11.8. The van der Waals surface area contributed by atoms with Crippen LogP contribution in [0.25, 0.3) is 0 Å². The zero-order chi connectivity index (χ0) is 15.4. The first-order valence-electron chi connectivity index (χ1n) is 6.57. The van der Waals surface area contributed by atoms with Gasteiger partial charge in [-0.05, 0) is 30.5 Å². The molecule has 0 saturated heterocycles. The second kappa shape index (κ2) is 6.17. The summed E-state index contributed by atoms with van der Waals surface area (Å²) in [4.78, 5) is 22.2. The molecular formula is C16H16N2O3. The molecular weight excluding hydrogens is 268 g/mol. The molecule has 108 valence electrons. The molecule has 0 saturated carbocycles. The number of nitrogens with zero attached hydrogens (tertiary/aromatic N) is 1. The van der Waals surface area contributed by atoms with Crippen molar-refractivity contribution in [2.24, 2.45) is 0 Å². The van der Waals surface area contributed by atoms with Gasteiger partial charge in [0, 0.05) is 17.8 Å². The average molecular weight is 284 g/mol. The SMILES string of the molecule is Cc1cccc(C)c1NC(=O)Cc1ccc([N+](=O)[O-])cc1. The third kappa shape index (κ3) is 3.66. The lowest BCUT2D eigenvalue weighted by atomic mass is 10.1. The molecule has 0 radical (unpaired) electrons. The molecule has 0 unspecified atom stereocenters. The number of non-ortho nitro benzene ring substituents is 1. The van der Waals surface area contributed by atoms with Gasteiger partial charge in [-0.25, -0.2) is 0 Å². The Kier molecular flexibility index (Phi) is 4.33. The van der Waals surface area contributed by atoms with Crippen LogP contribution in [0.2, 0.25) is 0 Å². The number of aryl methyl sites for hydroxylation is 2. The zero-order valence-electron chi connectivity index (χ0n) is 11.9. The number of rotatable bonds is 4. The van der Waals surface area contributed by atoms with Gasteiger partial charge in [0.15, 0.2) is 0 Å². The quantitative estimate of drug-likeness (QED) is 0.691. The second-order valence-electron chi connectivity index (χ2n) is 4.92. The van der Waals surface area contributed by atoms with Crippen LogP contribution >= 0.6 is 0 Å². The maximum absolute atomic E-state index is 12.1. The summed E-state index contributed by atoms with van der Waals surface area (Å²) in [7, 11) is 0. The summed E-state index contributed by atoms with van der Waals surface area (Å²) in [5, 5.41) is 13.5. The minimum absolute atomic E-state index is 0.0221. The molecule has 0 aliphatic carbocycles. The summed E-state index contributed by atoms with van der Waals surface area (Å²) in [5.74, 6) is -0.138. The molecule has 0 bridgehead atoms. The number of hydrogen-bond donors (Lipinski definition) is 1. The van der Waals surface area contributed by atoms with Crippen LogP contribution in [0, 0.1) is 24.0 Å². The highest BCUT2D eigenvalue weighted by Gasteiger charge is 2.09. The van der Waals surface area contributed by atoms with Crippen molar-refractivity contribution in [1.29, 1.82) is 0 Å². The van der Waals surface area contributed by atoms with E-state index >= 15 is 0 Å². The molecule has 0 aromatic heterocycles. The van der Waals surface area contributed by atoms with Crippen molar-refractivity contribution >= 4 is 17.3 Å². The number of nitro groups is 1. The fraction of sp³-hybridized carbons (Fsp3) is 0.188. The minimum Gasteiger partial charge on any atom is -0.325 e. The van der Waals surface area contributed by atoms with E-state index in [-0.39, 0.29) is 18.0 Å². The van der Waals surface area contributed by atoms with Gasteiger partial charge in [-0.3, -0.25) is 14.9 Å². The van der Waals surface area contributed by atoms with Gasteiger partial charge < -0.3 is 5.32 Å². The number of benzene rings is 2. The van der Waals surface area contributed by atoms with Crippen LogP contribution < -0.4 is 5.32 Å². The van der Waals surface area contributed by atoms with Gasteiger partial charge in [0.05, 0.1) is 11.3 Å². The van der Waals surface area contributed by atoms with Crippen LogP contribution in [0.4, 0.5) is 11.4 Å². The number of nitrogens with one attached hydrogen (secondary N) is 1. The van der Waals surface area contributed by atoms with E-state index in [0.717, 1.165) is 22.4 Å². The lowest BCUT2D eigenvalue weighted by Gasteiger charge is -2.11. The van der Waals surface area contributed by atoms with Gasteiger partial charge >= 0.3 is 0 Å². The highest BCUT2D eigenvalue weighted by atomic mass is 16.6. The summed E-state index contributed by atoms with van der Waals surface area (Å²) in [5.41, 5.74) is 3.60. The summed E-state index contributed by atoms with van der Waals surface area (Å²) >= 11 is 0. The fourth-order valence-electron chi connectivity index (χ4n) is 2.12. The zero-order valence-corrected chi connectivity index (χ0v) is 11.9. The Morgan fingerprint density at radius 3 is 2.19 bits per heavy atom. The molecule has 0 atom stereocenters. The Balaban J connectivity index is 2.06. The molecule has 5 heteroatoms. The van der Waals surface area contributed by atoms with E-state index in [1.54, 1.807) is 12.1 Å². The normalized spacial score (nSPS) is 10.2. The van der Waals surface area contributed by atoms with Gasteiger partial charge in [-0.2, -0.15) is 0 Å². The Labute approximate surface area is 122 Å². The molecule has 0 fully saturated rings. The topological polar surface area (TPSA) is 72.2 Å². The van der Waals surface area contributed by atoms with Crippen LogP contribution in [-0.4, -0.2) is 10.8 Å². The van der Waals surface area contributed by atoms with Crippen LogP contribution in [0.5, 0.6) is 0 Å². The standard InChI is InChI=1S/C16H16N2O3/c1-11-4-3-5-12(2)16(11)17-15(19)10-13-6-8-14(9-7-13)18(20)21/h3-9H,10H2,1-2H3,(H,17,19). The van der Waals surface area contributed by atoms with Crippen molar-refractivity contribution < 1.29 is 9.72 Å². The number of hydrogen-bond acceptors (Lipinski definition) is 3. The van der Waals surface area contributed by atoms with Crippen LogP contribution in [0.3, 0.4) is 0 Å². The molecule has 0 aliphatic heterocycles. The Hall–Kier alpha value is -2.69.